The summed E-state index contributed by atoms with van der Waals surface area (Å²) >= 11 is 0. The summed E-state index contributed by atoms with van der Waals surface area (Å²) in [6.07, 6.45) is 5.24. The highest BCUT2D eigenvalue weighted by Crippen LogP contribution is 2.32. The minimum atomic E-state index is 0.513. The summed E-state index contributed by atoms with van der Waals surface area (Å²) in [5, 5.41) is 3.47. The van der Waals surface area contributed by atoms with Crippen molar-refractivity contribution < 1.29 is 4.74 Å². The molecule has 1 fully saturated rings. The van der Waals surface area contributed by atoms with Crippen LogP contribution >= 0.6 is 0 Å². The largest absolute Gasteiger partial charge is 0.496 e. The Morgan fingerprint density at radius 3 is 2.74 bits per heavy atom. The van der Waals surface area contributed by atoms with Crippen LogP contribution in [-0.4, -0.2) is 20.2 Å². The number of benzene rings is 1. The van der Waals surface area contributed by atoms with Crippen molar-refractivity contribution >= 4 is 0 Å². The second-order valence-electron chi connectivity index (χ2n) is 6.02. The molecule has 0 heterocycles. The molecule has 0 radical (unpaired) electrons. The molecule has 0 bridgehead atoms. The summed E-state index contributed by atoms with van der Waals surface area (Å²) in [5.41, 5.74) is 2.79. The van der Waals surface area contributed by atoms with Gasteiger partial charge in [0.2, 0.25) is 0 Å². The molecule has 1 aromatic carbocycles. The van der Waals surface area contributed by atoms with Crippen molar-refractivity contribution in [3.05, 3.63) is 29.3 Å². The van der Waals surface area contributed by atoms with Gasteiger partial charge in [0, 0.05) is 6.04 Å². The lowest BCUT2D eigenvalue weighted by molar-refractivity contribution is 0.405. The topological polar surface area (TPSA) is 21.3 Å². The molecule has 2 rings (SSSR count). The van der Waals surface area contributed by atoms with Crippen molar-refractivity contribution in [3.63, 3.8) is 0 Å². The van der Waals surface area contributed by atoms with Crippen molar-refractivity contribution in [2.24, 2.45) is 5.92 Å². The van der Waals surface area contributed by atoms with Gasteiger partial charge in [0.25, 0.3) is 0 Å². The fraction of sp³-hybridized carbons (Fsp3) is 0.647. The van der Waals surface area contributed by atoms with Crippen LogP contribution in [0.4, 0.5) is 0 Å². The Morgan fingerprint density at radius 1 is 1.32 bits per heavy atom. The van der Waals surface area contributed by atoms with Crippen molar-refractivity contribution in [1.29, 1.82) is 0 Å². The molecule has 1 saturated carbocycles. The highest BCUT2D eigenvalue weighted by molar-refractivity contribution is 5.39. The van der Waals surface area contributed by atoms with Crippen molar-refractivity contribution in [3.8, 4) is 5.75 Å². The first-order chi connectivity index (χ1) is 9.15. The Bertz CT molecular complexity index is 414. The van der Waals surface area contributed by atoms with Crippen LogP contribution in [0.25, 0.3) is 0 Å². The number of ether oxygens (including phenoxy) is 1. The lowest BCUT2D eigenvalue weighted by atomic mass is 9.91. The number of hydrogen-bond acceptors (Lipinski definition) is 2. The van der Waals surface area contributed by atoms with E-state index in [9.17, 15) is 0 Å². The average Bonchev–Trinajstić information content (AvgIpc) is 2.85. The maximum atomic E-state index is 5.46. The van der Waals surface area contributed by atoms with E-state index in [1.807, 2.05) is 0 Å². The summed E-state index contributed by atoms with van der Waals surface area (Å²) in [4.78, 5) is 0. The van der Waals surface area contributed by atoms with E-state index in [2.05, 4.69) is 44.4 Å². The van der Waals surface area contributed by atoms with E-state index >= 15 is 0 Å². The standard InChI is InChI=1S/C17H27NO/c1-12(2)15-11-13(8-9-17(15)19-4)10-14-6-5-7-16(14)18-3/h8-9,11-12,14,16,18H,5-7,10H2,1-4H3. The van der Waals surface area contributed by atoms with Gasteiger partial charge in [-0.25, -0.2) is 0 Å². The Balaban J connectivity index is 2.14. The minimum Gasteiger partial charge on any atom is -0.496 e. The molecule has 0 spiro atoms. The molecular formula is C17H27NO. The molecule has 0 aromatic heterocycles. The van der Waals surface area contributed by atoms with E-state index in [1.54, 1.807) is 7.11 Å². The third kappa shape index (κ3) is 3.30. The van der Waals surface area contributed by atoms with Gasteiger partial charge in [-0.2, -0.15) is 0 Å². The van der Waals surface area contributed by atoms with Crippen LogP contribution in [0.1, 0.15) is 50.2 Å². The quantitative estimate of drug-likeness (QED) is 0.871. The molecular weight excluding hydrogens is 234 g/mol. The van der Waals surface area contributed by atoms with Gasteiger partial charge >= 0.3 is 0 Å². The molecule has 1 aliphatic rings. The maximum Gasteiger partial charge on any atom is 0.122 e. The van der Waals surface area contributed by atoms with Gasteiger partial charge in [-0.05, 0) is 55.3 Å². The number of methoxy groups -OCH3 is 1. The second-order valence-corrected chi connectivity index (χ2v) is 6.02. The van der Waals surface area contributed by atoms with Gasteiger partial charge in [-0.1, -0.05) is 32.4 Å². The van der Waals surface area contributed by atoms with E-state index in [1.165, 1.54) is 36.8 Å². The first kappa shape index (κ1) is 14.4. The molecule has 2 heteroatoms. The summed E-state index contributed by atoms with van der Waals surface area (Å²) < 4.78 is 5.46. The summed E-state index contributed by atoms with van der Waals surface area (Å²) in [6.45, 7) is 4.46. The van der Waals surface area contributed by atoms with Crippen LogP contribution in [0.15, 0.2) is 18.2 Å². The Morgan fingerprint density at radius 2 is 2.11 bits per heavy atom. The highest BCUT2D eigenvalue weighted by atomic mass is 16.5. The Labute approximate surface area is 117 Å². The van der Waals surface area contributed by atoms with Gasteiger partial charge in [0.05, 0.1) is 7.11 Å². The fourth-order valence-electron chi connectivity index (χ4n) is 3.33. The number of nitrogens with one attached hydrogen (secondary N) is 1. The zero-order valence-corrected chi connectivity index (χ0v) is 12.7. The predicted molar refractivity (Wildman–Crippen MR) is 81.0 cm³/mol. The molecule has 2 unspecified atom stereocenters. The van der Waals surface area contributed by atoms with E-state index in [0.29, 0.717) is 12.0 Å². The van der Waals surface area contributed by atoms with Crippen LogP contribution in [0.2, 0.25) is 0 Å². The smallest absolute Gasteiger partial charge is 0.122 e. The zero-order chi connectivity index (χ0) is 13.8. The molecule has 0 amide bonds. The minimum absolute atomic E-state index is 0.513. The van der Waals surface area contributed by atoms with E-state index in [-0.39, 0.29) is 0 Å². The molecule has 1 aliphatic carbocycles. The third-order valence-electron chi connectivity index (χ3n) is 4.44. The van der Waals surface area contributed by atoms with Gasteiger partial charge in [-0.3, -0.25) is 0 Å². The van der Waals surface area contributed by atoms with Crippen molar-refractivity contribution in [2.45, 2.75) is 51.5 Å². The molecule has 2 atom stereocenters. The summed E-state index contributed by atoms with van der Waals surface area (Å²) in [5.74, 6) is 2.33. The second kappa shape index (κ2) is 6.42. The first-order valence-corrected chi connectivity index (χ1v) is 7.49. The van der Waals surface area contributed by atoms with Crippen molar-refractivity contribution in [1.82, 2.24) is 5.32 Å². The zero-order valence-electron chi connectivity index (χ0n) is 12.7. The van der Waals surface area contributed by atoms with E-state index in [0.717, 1.165) is 11.7 Å². The lowest BCUT2D eigenvalue weighted by Crippen LogP contribution is -2.30. The van der Waals surface area contributed by atoms with Gasteiger partial charge in [0.1, 0.15) is 5.75 Å². The number of rotatable bonds is 5. The van der Waals surface area contributed by atoms with Crippen LogP contribution in [0.5, 0.6) is 5.75 Å². The van der Waals surface area contributed by atoms with Crippen molar-refractivity contribution in [2.75, 3.05) is 14.2 Å². The Kier molecular flexibility index (Phi) is 4.87. The number of hydrogen-bond donors (Lipinski definition) is 1. The SMILES string of the molecule is CNC1CCCC1Cc1ccc(OC)c(C(C)C)c1. The van der Waals surface area contributed by atoms with Gasteiger partial charge in [-0.15, -0.1) is 0 Å². The maximum absolute atomic E-state index is 5.46. The molecule has 0 saturated heterocycles. The molecule has 2 nitrogen and oxygen atoms in total. The molecule has 19 heavy (non-hydrogen) atoms. The normalized spacial score (nSPS) is 23.0. The fourth-order valence-corrected chi connectivity index (χ4v) is 3.33. The molecule has 0 aliphatic heterocycles. The molecule has 1 aromatic rings. The molecule has 106 valence electrons. The summed E-state index contributed by atoms with van der Waals surface area (Å²) in [7, 11) is 3.85. The lowest BCUT2D eigenvalue weighted by Gasteiger charge is -2.20. The van der Waals surface area contributed by atoms with Gasteiger partial charge < -0.3 is 10.1 Å². The van der Waals surface area contributed by atoms with Crippen LogP contribution in [-0.2, 0) is 6.42 Å². The van der Waals surface area contributed by atoms with Crippen LogP contribution in [0, 0.1) is 5.92 Å². The van der Waals surface area contributed by atoms with E-state index in [4.69, 9.17) is 4.74 Å². The third-order valence-corrected chi connectivity index (χ3v) is 4.44. The van der Waals surface area contributed by atoms with Gasteiger partial charge in [0.15, 0.2) is 0 Å². The monoisotopic (exact) mass is 261 g/mol. The summed E-state index contributed by atoms with van der Waals surface area (Å²) in [6, 6.07) is 7.41. The van der Waals surface area contributed by atoms with Crippen LogP contribution in [0.3, 0.4) is 0 Å². The predicted octanol–water partition coefficient (Wildman–Crippen LogP) is 3.75. The highest BCUT2D eigenvalue weighted by Gasteiger charge is 2.26. The molecule has 1 N–H and O–H groups in total. The average molecular weight is 261 g/mol. The first-order valence-electron chi connectivity index (χ1n) is 7.49. The van der Waals surface area contributed by atoms with E-state index < -0.39 is 0 Å². The van der Waals surface area contributed by atoms with Crippen LogP contribution < -0.4 is 10.1 Å². The Hall–Kier alpha value is -1.02.